The molecule has 7 heteroatoms. The summed E-state index contributed by atoms with van der Waals surface area (Å²) in [4.78, 5) is 27.2. The summed E-state index contributed by atoms with van der Waals surface area (Å²) in [6.45, 7) is 1.96. The molecule has 166 valence electrons. The number of pyridine rings is 1. The Morgan fingerprint density at radius 1 is 1.03 bits per heavy atom. The molecule has 6 nitrogen and oxygen atoms in total. The van der Waals surface area contributed by atoms with Crippen molar-refractivity contribution in [3.8, 4) is 0 Å². The van der Waals surface area contributed by atoms with Gasteiger partial charge in [-0.25, -0.2) is 4.98 Å². The van der Waals surface area contributed by atoms with Gasteiger partial charge in [0.1, 0.15) is 5.15 Å². The third-order valence-electron chi connectivity index (χ3n) is 6.20. The van der Waals surface area contributed by atoms with Gasteiger partial charge in [0, 0.05) is 43.3 Å². The molecule has 0 bridgehead atoms. The molecule has 4 rings (SSSR count). The van der Waals surface area contributed by atoms with Gasteiger partial charge in [-0.3, -0.25) is 14.8 Å². The van der Waals surface area contributed by atoms with E-state index in [-0.39, 0.29) is 11.9 Å². The van der Waals surface area contributed by atoms with E-state index >= 15 is 0 Å². The average Bonchev–Trinajstić information content (AvgIpc) is 3.27. The molecule has 1 fully saturated rings. The van der Waals surface area contributed by atoms with Crippen LogP contribution in [-0.2, 0) is 12.8 Å². The van der Waals surface area contributed by atoms with Crippen LogP contribution in [-0.4, -0.2) is 44.9 Å². The number of rotatable bonds is 7. The highest BCUT2D eigenvalue weighted by Gasteiger charge is 2.24. The molecular formula is C25H28ClN5O. The van der Waals surface area contributed by atoms with Gasteiger partial charge in [-0.05, 0) is 61.9 Å². The summed E-state index contributed by atoms with van der Waals surface area (Å²) >= 11 is 5.88. The number of nitrogens with one attached hydrogen (secondary N) is 1. The van der Waals surface area contributed by atoms with E-state index in [2.05, 4.69) is 32.4 Å². The Balaban J connectivity index is 1.31. The summed E-state index contributed by atoms with van der Waals surface area (Å²) in [6, 6.07) is 12.6. The number of carbonyl (C=O) groups is 1. The Bertz CT molecular complexity index is 1030. The quantitative estimate of drug-likeness (QED) is 0.545. The van der Waals surface area contributed by atoms with Crippen molar-refractivity contribution in [1.82, 2.24) is 25.2 Å². The SMILES string of the molecule is CC(c1cnccn1)N(C)C(=O)c1ccc(C[C@@H]2CC[C@H](Cc3ccc(Cl)nc3)N2)cc1. The second-order valence-corrected chi connectivity index (χ2v) is 8.84. The Kier molecular flexibility index (Phi) is 7.12. The van der Waals surface area contributed by atoms with Crippen LogP contribution in [0.25, 0.3) is 0 Å². The molecule has 1 N–H and O–H groups in total. The minimum Gasteiger partial charge on any atom is -0.333 e. The zero-order valence-electron chi connectivity index (χ0n) is 18.4. The smallest absolute Gasteiger partial charge is 0.254 e. The first-order chi connectivity index (χ1) is 15.5. The Labute approximate surface area is 194 Å². The molecule has 1 saturated heterocycles. The molecule has 1 aliphatic heterocycles. The molecule has 1 aliphatic rings. The van der Waals surface area contributed by atoms with E-state index in [0.29, 0.717) is 22.8 Å². The van der Waals surface area contributed by atoms with Gasteiger partial charge in [0.25, 0.3) is 5.91 Å². The topological polar surface area (TPSA) is 71.0 Å². The predicted octanol–water partition coefficient (Wildman–Crippen LogP) is 4.26. The van der Waals surface area contributed by atoms with E-state index in [4.69, 9.17) is 11.6 Å². The highest BCUT2D eigenvalue weighted by atomic mass is 35.5. The van der Waals surface area contributed by atoms with Crippen LogP contribution in [0.2, 0.25) is 5.15 Å². The lowest BCUT2D eigenvalue weighted by atomic mass is 10.0. The summed E-state index contributed by atoms with van der Waals surface area (Å²) in [5.41, 5.74) is 3.89. The summed E-state index contributed by atoms with van der Waals surface area (Å²) < 4.78 is 0. The van der Waals surface area contributed by atoms with Gasteiger partial charge >= 0.3 is 0 Å². The lowest BCUT2D eigenvalue weighted by Crippen LogP contribution is -2.32. The molecule has 3 heterocycles. The first-order valence-corrected chi connectivity index (χ1v) is 11.4. The van der Waals surface area contributed by atoms with E-state index in [9.17, 15) is 4.79 Å². The molecule has 1 amide bonds. The Hall–Kier alpha value is -2.83. The number of benzene rings is 1. The van der Waals surface area contributed by atoms with Crippen molar-refractivity contribution in [2.45, 2.75) is 50.7 Å². The molecule has 1 aromatic carbocycles. The van der Waals surface area contributed by atoms with Crippen LogP contribution in [0.15, 0.2) is 61.2 Å². The van der Waals surface area contributed by atoms with E-state index in [1.807, 2.05) is 37.4 Å². The third-order valence-corrected chi connectivity index (χ3v) is 6.42. The number of carbonyl (C=O) groups excluding carboxylic acids is 1. The normalized spacial score (nSPS) is 19.0. The molecule has 1 unspecified atom stereocenters. The molecule has 3 atom stereocenters. The summed E-state index contributed by atoms with van der Waals surface area (Å²) in [5.74, 6) is -0.0228. The summed E-state index contributed by atoms with van der Waals surface area (Å²) in [6.07, 6.45) is 11.0. The first-order valence-electron chi connectivity index (χ1n) is 11.0. The summed E-state index contributed by atoms with van der Waals surface area (Å²) in [7, 11) is 1.80. The minimum absolute atomic E-state index is 0.0228. The zero-order chi connectivity index (χ0) is 22.5. The fraction of sp³-hybridized carbons (Fsp3) is 0.360. The molecule has 0 spiro atoms. The molecule has 0 radical (unpaired) electrons. The number of amides is 1. The van der Waals surface area contributed by atoms with E-state index in [0.717, 1.165) is 31.4 Å². The van der Waals surface area contributed by atoms with Crippen molar-refractivity contribution >= 4 is 17.5 Å². The summed E-state index contributed by atoms with van der Waals surface area (Å²) in [5, 5.41) is 4.27. The van der Waals surface area contributed by atoms with Crippen LogP contribution in [0.5, 0.6) is 0 Å². The molecule has 3 aromatic rings. The third kappa shape index (κ3) is 5.50. The van der Waals surface area contributed by atoms with E-state index in [1.54, 1.807) is 30.5 Å². The first kappa shape index (κ1) is 22.4. The van der Waals surface area contributed by atoms with Gasteiger partial charge < -0.3 is 10.2 Å². The van der Waals surface area contributed by atoms with E-state index < -0.39 is 0 Å². The van der Waals surface area contributed by atoms with Crippen molar-refractivity contribution in [1.29, 1.82) is 0 Å². The number of hydrogen-bond acceptors (Lipinski definition) is 5. The molecule has 0 saturated carbocycles. The van der Waals surface area contributed by atoms with Crippen molar-refractivity contribution in [3.63, 3.8) is 0 Å². The monoisotopic (exact) mass is 449 g/mol. The maximum Gasteiger partial charge on any atom is 0.254 e. The Morgan fingerprint density at radius 2 is 1.72 bits per heavy atom. The fourth-order valence-electron chi connectivity index (χ4n) is 4.21. The van der Waals surface area contributed by atoms with Crippen LogP contribution in [0.4, 0.5) is 0 Å². The van der Waals surface area contributed by atoms with Gasteiger partial charge in [-0.2, -0.15) is 0 Å². The van der Waals surface area contributed by atoms with Crippen LogP contribution < -0.4 is 5.32 Å². The second-order valence-electron chi connectivity index (χ2n) is 8.45. The van der Waals surface area contributed by atoms with Crippen molar-refractivity contribution in [2.24, 2.45) is 0 Å². The molecule has 32 heavy (non-hydrogen) atoms. The highest BCUT2D eigenvalue weighted by Crippen LogP contribution is 2.22. The van der Waals surface area contributed by atoms with Crippen molar-refractivity contribution < 1.29 is 4.79 Å². The van der Waals surface area contributed by atoms with E-state index in [1.165, 1.54) is 11.1 Å². The van der Waals surface area contributed by atoms with Gasteiger partial charge in [-0.1, -0.05) is 29.8 Å². The predicted molar refractivity (Wildman–Crippen MR) is 126 cm³/mol. The minimum atomic E-state index is -0.147. The number of nitrogens with zero attached hydrogens (tertiary/aromatic N) is 4. The van der Waals surface area contributed by atoms with Gasteiger partial charge in [-0.15, -0.1) is 0 Å². The Morgan fingerprint density at radius 3 is 2.34 bits per heavy atom. The number of hydrogen-bond donors (Lipinski definition) is 1. The fourth-order valence-corrected chi connectivity index (χ4v) is 4.32. The highest BCUT2D eigenvalue weighted by molar-refractivity contribution is 6.29. The van der Waals surface area contributed by atoms with Crippen LogP contribution >= 0.6 is 11.6 Å². The zero-order valence-corrected chi connectivity index (χ0v) is 19.2. The van der Waals surface area contributed by atoms with Gasteiger partial charge in [0.2, 0.25) is 0 Å². The van der Waals surface area contributed by atoms with Crippen LogP contribution in [0, 0.1) is 0 Å². The van der Waals surface area contributed by atoms with Crippen molar-refractivity contribution in [2.75, 3.05) is 7.05 Å². The maximum atomic E-state index is 12.9. The molecular weight excluding hydrogens is 422 g/mol. The van der Waals surface area contributed by atoms with Crippen molar-refractivity contribution in [3.05, 3.63) is 88.7 Å². The largest absolute Gasteiger partial charge is 0.333 e. The number of halogens is 1. The van der Waals surface area contributed by atoms with Gasteiger partial charge in [0.15, 0.2) is 0 Å². The second kappa shape index (κ2) is 10.2. The van der Waals surface area contributed by atoms with Crippen LogP contribution in [0.3, 0.4) is 0 Å². The number of aromatic nitrogens is 3. The average molecular weight is 450 g/mol. The van der Waals surface area contributed by atoms with Gasteiger partial charge in [0.05, 0.1) is 17.9 Å². The molecule has 2 aromatic heterocycles. The molecule has 0 aliphatic carbocycles. The lowest BCUT2D eigenvalue weighted by molar-refractivity contribution is 0.0739. The van der Waals surface area contributed by atoms with Crippen LogP contribution in [0.1, 0.15) is 53.0 Å². The maximum absolute atomic E-state index is 12.9. The standard InChI is InChI=1S/C25H28ClN5O/c1-17(23-16-27-11-12-28-23)31(2)25(32)20-6-3-18(4-7-20)13-21-8-9-22(30-21)14-19-5-10-24(26)29-15-19/h3-7,10-12,15-17,21-22,30H,8-9,13-14H2,1-2H3/t17?,21-,22+/m0/s1. The lowest BCUT2D eigenvalue weighted by Gasteiger charge is -2.24.